The number of nitrogen functional groups attached to an aromatic ring is 1. The van der Waals surface area contributed by atoms with Crippen molar-refractivity contribution in [2.45, 2.75) is 46.6 Å². The minimum absolute atomic E-state index is 0.365. The van der Waals surface area contributed by atoms with Crippen LogP contribution in [0.1, 0.15) is 39.0 Å². The Hall–Kier alpha value is -1.40. The lowest BCUT2D eigenvalue weighted by molar-refractivity contribution is 0.539. The van der Waals surface area contributed by atoms with Crippen molar-refractivity contribution in [2.75, 3.05) is 10.7 Å². The number of aryl methyl sites for hydroxylation is 1. The molecular formula is C14H23N5S. The number of fused-ring (bicyclic) bond motifs is 1. The van der Waals surface area contributed by atoms with Gasteiger partial charge in [-0.05, 0) is 31.7 Å². The van der Waals surface area contributed by atoms with Crippen molar-refractivity contribution in [3.05, 3.63) is 10.9 Å². The molecule has 110 valence electrons. The summed E-state index contributed by atoms with van der Waals surface area (Å²) in [6.07, 6.45) is 2.11. The third-order valence-electron chi connectivity index (χ3n) is 3.13. The summed E-state index contributed by atoms with van der Waals surface area (Å²) in [4.78, 5) is 11.2. The molecule has 0 aliphatic heterocycles. The predicted molar refractivity (Wildman–Crippen MR) is 87.1 cm³/mol. The van der Waals surface area contributed by atoms with Crippen molar-refractivity contribution in [3.63, 3.8) is 0 Å². The summed E-state index contributed by atoms with van der Waals surface area (Å²) in [6, 6.07) is 2.54. The van der Waals surface area contributed by atoms with Gasteiger partial charge in [0.25, 0.3) is 0 Å². The van der Waals surface area contributed by atoms with E-state index in [4.69, 9.17) is 5.84 Å². The second kappa shape index (κ2) is 6.37. The number of nitrogens with one attached hydrogen (secondary N) is 2. The number of hydrogen-bond acceptors (Lipinski definition) is 6. The topological polar surface area (TPSA) is 75.9 Å². The summed E-state index contributed by atoms with van der Waals surface area (Å²) in [6.45, 7) is 8.77. The molecule has 1 atom stereocenters. The molecule has 2 aromatic rings. The van der Waals surface area contributed by atoms with Crippen molar-refractivity contribution in [3.8, 4) is 0 Å². The zero-order chi connectivity index (χ0) is 14.7. The molecule has 0 saturated heterocycles. The van der Waals surface area contributed by atoms with Crippen LogP contribution in [0.3, 0.4) is 0 Å². The molecule has 0 radical (unpaired) electrons. The van der Waals surface area contributed by atoms with Gasteiger partial charge in [-0.15, -0.1) is 11.3 Å². The summed E-state index contributed by atoms with van der Waals surface area (Å²) in [7, 11) is 0. The van der Waals surface area contributed by atoms with Crippen LogP contribution in [-0.4, -0.2) is 16.0 Å². The quantitative estimate of drug-likeness (QED) is 0.562. The van der Waals surface area contributed by atoms with E-state index in [1.54, 1.807) is 11.3 Å². The van der Waals surface area contributed by atoms with Gasteiger partial charge in [0.2, 0.25) is 5.95 Å². The third-order valence-corrected chi connectivity index (χ3v) is 4.30. The van der Waals surface area contributed by atoms with Gasteiger partial charge in [0.1, 0.15) is 10.6 Å². The number of hydrazine groups is 1. The molecule has 20 heavy (non-hydrogen) atoms. The van der Waals surface area contributed by atoms with E-state index in [1.165, 1.54) is 4.88 Å². The van der Waals surface area contributed by atoms with E-state index in [2.05, 4.69) is 54.5 Å². The fourth-order valence-electron chi connectivity index (χ4n) is 2.32. The highest BCUT2D eigenvalue weighted by Crippen LogP contribution is 2.30. The summed E-state index contributed by atoms with van der Waals surface area (Å²) in [5, 5.41) is 4.57. The standard InChI is InChI=1S/C14H23N5S/c1-5-10-7-11-12(16-9(4)6-8(2)3)17-14(19-15)18-13(11)20-10/h7-9H,5-6,15H2,1-4H3,(H2,16,17,18,19). The lowest BCUT2D eigenvalue weighted by Crippen LogP contribution is -2.19. The Kier molecular flexibility index (Phi) is 4.77. The summed E-state index contributed by atoms with van der Waals surface area (Å²) >= 11 is 1.70. The van der Waals surface area contributed by atoms with Gasteiger partial charge in [0.05, 0.1) is 5.39 Å². The Morgan fingerprint density at radius 1 is 1.30 bits per heavy atom. The van der Waals surface area contributed by atoms with Crippen LogP contribution in [-0.2, 0) is 6.42 Å². The fourth-order valence-corrected chi connectivity index (χ4v) is 3.29. The van der Waals surface area contributed by atoms with Crippen LogP contribution in [0.5, 0.6) is 0 Å². The minimum Gasteiger partial charge on any atom is -0.367 e. The molecule has 0 bridgehead atoms. The smallest absolute Gasteiger partial charge is 0.240 e. The molecule has 2 aromatic heterocycles. The molecule has 5 nitrogen and oxygen atoms in total. The average Bonchev–Trinajstić information content (AvgIpc) is 2.80. The number of anilines is 2. The fraction of sp³-hybridized carbons (Fsp3) is 0.571. The van der Waals surface area contributed by atoms with Gasteiger partial charge in [-0.2, -0.15) is 4.98 Å². The maximum atomic E-state index is 5.46. The van der Waals surface area contributed by atoms with Gasteiger partial charge < -0.3 is 5.32 Å². The van der Waals surface area contributed by atoms with Gasteiger partial charge in [-0.1, -0.05) is 20.8 Å². The maximum absolute atomic E-state index is 5.46. The Morgan fingerprint density at radius 3 is 2.65 bits per heavy atom. The Bertz CT molecular complexity index is 578. The van der Waals surface area contributed by atoms with Gasteiger partial charge in [-0.3, -0.25) is 5.43 Å². The Balaban J connectivity index is 2.36. The molecule has 0 aromatic carbocycles. The van der Waals surface area contributed by atoms with Crippen LogP contribution in [0.15, 0.2) is 6.07 Å². The van der Waals surface area contributed by atoms with Gasteiger partial charge in [0, 0.05) is 10.9 Å². The van der Waals surface area contributed by atoms with Crippen molar-refractivity contribution in [1.82, 2.24) is 9.97 Å². The monoisotopic (exact) mass is 293 g/mol. The van der Waals surface area contributed by atoms with E-state index < -0.39 is 0 Å². The first-order valence-electron chi connectivity index (χ1n) is 7.07. The first-order chi connectivity index (χ1) is 9.53. The number of rotatable bonds is 6. The van der Waals surface area contributed by atoms with Crippen LogP contribution < -0.4 is 16.6 Å². The lowest BCUT2D eigenvalue weighted by Gasteiger charge is -2.17. The molecule has 0 aliphatic rings. The molecular weight excluding hydrogens is 270 g/mol. The number of nitrogens with two attached hydrogens (primary N) is 1. The van der Waals surface area contributed by atoms with E-state index in [0.29, 0.717) is 17.9 Å². The molecule has 2 heterocycles. The molecule has 1 unspecified atom stereocenters. The van der Waals surface area contributed by atoms with Crippen molar-refractivity contribution < 1.29 is 0 Å². The number of hydrogen-bond donors (Lipinski definition) is 3. The van der Waals surface area contributed by atoms with Gasteiger partial charge >= 0.3 is 0 Å². The molecule has 0 fully saturated rings. The first-order valence-corrected chi connectivity index (χ1v) is 7.88. The lowest BCUT2D eigenvalue weighted by atomic mass is 10.1. The zero-order valence-corrected chi connectivity index (χ0v) is 13.3. The van der Waals surface area contributed by atoms with E-state index >= 15 is 0 Å². The number of thiophene rings is 1. The van der Waals surface area contributed by atoms with Crippen LogP contribution in [0.2, 0.25) is 0 Å². The molecule has 0 aliphatic carbocycles. The summed E-state index contributed by atoms with van der Waals surface area (Å²) in [5.41, 5.74) is 2.55. The normalized spacial score (nSPS) is 12.9. The second-order valence-electron chi connectivity index (χ2n) is 5.50. The van der Waals surface area contributed by atoms with Crippen molar-refractivity contribution >= 4 is 33.3 Å². The SMILES string of the molecule is CCc1cc2c(NC(C)CC(C)C)nc(NN)nc2s1. The number of nitrogens with zero attached hydrogens (tertiary/aromatic N) is 2. The molecule has 2 rings (SSSR count). The Morgan fingerprint density at radius 2 is 2.05 bits per heavy atom. The third kappa shape index (κ3) is 3.37. The second-order valence-corrected chi connectivity index (χ2v) is 6.62. The molecule has 4 N–H and O–H groups in total. The highest BCUT2D eigenvalue weighted by Gasteiger charge is 2.13. The van der Waals surface area contributed by atoms with E-state index in [0.717, 1.165) is 28.9 Å². The van der Waals surface area contributed by atoms with E-state index in [-0.39, 0.29) is 0 Å². The molecule has 6 heteroatoms. The van der Waals surface area contributed by atoms with Gasteiger partial charge in [-0.25, -0.2) is 10.8 Å². The Labute approximate surface area is 124 Å². The van der Waals surface area contributed by atoms with E-state index in [1.807, 2.05) is 0 Å². The van der Waals surface area contributed by atoms with Crippen LogP contribution in [0.4, 0.5) is 11.8 Å². The van der Waals surface area contributed by atoms with Crippen LogP contribution in [0.25, 0.3) is 10.2 Å². The largest absolute Gasteiger partial charge is 0.367 e. The molecule has 0 amide bonds. The maximum Gasteiger partial charge on any atom is 0.240 e. The van der Waals surface area contributed by atoms with E-state index in [9.17, 15) is 0 Å². The summed E-state index contributed by atoms with van der Waals surface area (Å²) < 4.78 is 0. The average molecular weight is 293 g/mol. The highest BCUT2D eigenvalue weighted by atomic mass is 32.1. The summed E-state index contributed by atoms with van der Waals surface area (Å²) in [5.74, 6) is 7.44. The molecule has 0 spiro atoms. The molecule has 0 saturated carbocycles. The van der Waals surface area contributed by atoms with Crippen molar-refractivity contribution in [1.29, 1.82) is 0 Å². The van der Waals surface area contributed by atoms with Crippen LogP contribution >= 0.6 is 11.3 Å². The van der Waals surface area contributed by atoms with Crippen LogP contribution in [0, 0.1) is 5.92 Å². The minimum atomic E-state index is 0.365. The first kappa shape index (κ1) is 15.0. The zero-order valence-electron chi connectivity index (χ0n) is 12.5. The van der Waals surface area contributed by atoms with Gasteiger partial charge in [0.15, 0.2) is 0 Å². The van der Waals surface area contributed by atoms with Crippen molar-refractivity contribution in [2.24, 2.45) is 11.8 Å². The number of aromatic nitrogens is 2. The predicted octanol–water partition coefficient (Wildman–Crippen LogP) is 3.39. The highest BCUT2D eigenvalue weighted by molar-refractivity contribution is 7.18.